The van der Waals surface area contributed by atoms with Gasteiger partial charge >= 0.3 is 5.97 Å². The number of hydrogen-bond acceptors (Lipinski definition) is 8. The predicted octanol–water partition coefficient (Wildman–Crippen LogP) is 5.41. The summed E-state index contributed by atoms with van der Waals surface area (Å²) < 4.78 is 27.4. The number of halogens is 1. The molecule has 0 bridgehead atoms. The van der Waals surface area contributed by atoms with E-state index in [0.717, 1.165) is 54.4 Å². The van der Waals surface area contributed by atoms with E-state index in [4.69, 9.17) is 9.47 Å². The molecule has 10 heteroatoms. The Balaban J connectivity index is 1.22. The normalized spacial score (nSPS) is 37.2. The molecule has 0 amide bonds. The summed E-state index contributed by atoms with van der Waals surface area (Å²) in [5.41, 5.74) is 1.69. The second-order valence-electron chi connectivity index (χ2n) is 13.8. The maximum Gasteiger partial charge on any atom is 0.336 e. The highest BCUT2D eigenvalue weighted by molar-refractivity contribution is 8.14. The molecule has 1 aliphatic heterocycles. The second-order valence-corrected chi connectivity index (χ2v) is 14.7. The molecular weight excluding hydrogens is 581 g/mol. The quantitative estimate of drug-likeness (QED) is 0.442. The third-order valence-corrected chi connectivity index (χ3v) is 12.5. The third-order valence-electron chi connectivity index (χ3n) is 11.7. The van der Waals surface area contributed by atoms with E-state index in [2.05, 4.69) is 18.1 Å². The standard InChI is InChI=1S/C34H38FN3O5S/c1-32-17-20-19-37-38(23-8-6-22(35)7-9-23)26(20)16-21(32)5-10-24-25-11-12-34(31(41)44-15-13-36,33(25,2)18-27(39)29(24)32)43-30(40)28-4-3-14-42-28/h6-9,16,19,24-25,27-29,39H,3-5,10-12,14-15,17-18H2,1-2H3/t24-,25-,27-,28+,29+,32-,33-,34-/m0/s1. The van der Waals surface area contributed by atoms with Gasteiger partial charge in [-0.2, -0.15) is 10.4 Å². The van der Waals surface area contributed by atoms with Crippen LogP contribution in [-0.4, -0.2) is 56.1 Å². The average Bonchev–Trinajstić information content (AvgIpc) is 3.73. The molecule has 8 nitrogen and oxygen atoms in total. The van der Waals surface area contributed by atoms with Crippen LogP contribution >= 0.6 is 11.8 Å². The first-order chi connectivity index (χ1) is 21.1. The van der Waals surface area contributed by atoms with E-state index in [1.54, 1.807) is 12.1 Å². The van der Waals surface area contributed by atoms with Crippen molar-refractivity contribution in [2.24, 2.45) is 28.6 Å². The summed E-state index contributed by atoms with van der Waals surface area (Å²) in [7, 11) is 0. The number of aliphatic hydroxyl groups is 1. The Labute approximate surface area is 261 Å². The maximum absolute atomic E-state index is 13.9. The number of rotatable bonds is 5. The van der Waals surface area contributed by atoms with Crippen molar-refractivity contribution in [1.82, 2.24) is 9.78 Å². The van der Waals surface area contributed by atoms with Gasteiger partial charge in [0.1, 0.15) is 5.82 Å². The van der Waals surface area contributed by atoms with Crippen LogP contribution in [0.5, 0.6) is 0 Å². The molecule has 1 aromatic heterocycles. The van der Waals surface area contributed by atoms with Crippen molar-refractivity contribution in [2.75, 3.05) is 12.4 Å². The van der Waals surface area contributed by atoms with Crippen molar-refractivity contribution < 1.29 is 28.6 Å². The molecule has 2 aromatic rings. The topological polar surface area (TPSA) is 114 Å². The fourth-order valence-corrected chi connectivity index (χ4v) is 10.5. The number of ether oxygens (including phenoxy) is 2. The smallest absolute Gasteiger partial charge is 0.336 e. The molecule has 0 spiro atoms. The first-order valence-corrected chi connectivity index (χ1v) is 16.7. The predicted molar refractivity (Wildman–Crippen MR) is 162 cm³/mol. The number of aliphatic hydroxyl groups excluding tert-OH is 1. The lowest BCUT2D eigenvalue weighted by Gasteiger charge is -2.60. The fraction of sp³-hybridized carbons (Fsp3) is 0.588. The molecule has 1 saturated heterocycles. The van der Waals surface area contributed by atoms with Crippen molar-refractivity contribution >= 4 is 28.9 Å². The number of fused-ring (bicyclic) bond motifs is 6. The van der Waals surface area contributed by atoms with Gasteiger partial charge < -0.3 is 14.6 Å². The molecule has 1 aromatic carbocycles. The van der Waals surface area contributed by atoms with Gasteiger partial charge in [0.05, 0.1) is 35.5 Å². The van der Waals surface area contributed by atoms with Crippen LogP contribution in [0, 0.1) is 45.7 Å². The molecule has 4 fully saturated rings. The number of esters is 1. The van der Waals surface area contributed by atoms with Gasteiger partial charge in [-0.15, -0.1) is 0 Å². The molecule has 4 aliphatic carbocycles. The van der Waals surface area contributed by atoms with Crippen LogP contribution in [0.25, 0.3) is 11.8 Å². The van der Waals surface area contributed by atoms with Crippen LogP contribution in [-0.2, 0) is 25.5 Å². The van der Waals surface area contributed by atoms with Gasteiger partial charge in [0.2, 0.25) is 5.12 Å². The van der Waals surface area contributed by atoms with Gasteiger partial charge in [0, 0.05) is 12.0 Å². The molecule has 8 atom stereocenters. The molecule has 1 N–H and O–H groups in total. The summed E-state index contributed by atoms with van der Waals surface area (Å²) in [5.74, 6) is -0.647. The Morgan fingerprint density at radius 3 is 2.77 bits per heavy atom. The van der Waals surface area contributed by atoms with Gasteiger partial charge in [-0.1, -0.05) is 31.2 Å². The number of nitrogens with zero attached hydrogens (tertiary/aromatic N) is 3. The lowest BCUT2D eigenvalue weighted by molar-refractivity contribution is -0.202. The largest absolute Gasteiger partial charge is 0.448 e. The number of benzene rings is 1. The maximum atomic E-state index is 13.9. The van der Waals surface area contributed by atoms with Crippen LogP contribution in [0.3, 0.4) is 0 Å². The number of thioether (sulfide) groups is 1. The number of aromatic nitrogens is 2. The monoisotopic (exact) mass is 619 g/mol. The Bertz CT molecular complexity index is 1560. The van der Waals surface area contributed by atoms with Crippen molar-refractivity contribution in [3.05, 3.63) is 53.1 Å². The molecule has 0 unspecified atom stereocenters. The molecular formula is C34H38FN3O5S. The molecule has 5 aliphatic rings. The molecule has 232 valence electrons. The first kappa shape index (κ1) is 29.7. The van der Waals surface area contributed by atoms with E-state index in [0.29, 0.717) is 32.3 Å². The van der Waals surface area contributed by atoms with Crippen LogP contribution < -0.4 is 0 Å². The Morgan fingerprint density at radius 2 is 2.05 bits per heavy atom. The molecule has 0 radical (unpaired) electrons. The lowest BCUT2D eigenvalue weighted by atomic mass is 9.45. The molecule has 7 rings (SSSR count). The summed E-state index contributed by atoms with van der Waals surface area (Å²) in [5, 5.41) is 25.7. The number of nitriles is 1. The third kappa shape index (κ3) is 4.33. The zero-order valence-electron chi connectivity index (χ0n) is 25.1. The minimum Gasteiger partial charge on any atom is -0.448 e. The van der Waals surface area contributed by atoms with Gasteiger partial charge in [-0.05, 0) is 110 Å². The number of carbonyl (C=O) groups is 2. The van der Waals surface area contributed by atoms with E-state index in [9.17, 15) is 24.3 Å². The number of allylic oxidation sites excluding steroid dienone is 1. The highest BCUT2D eigenvalue weighted by Gasteiger charge is 2.71. The first-order valence-electron chi connectivity index (χ1n) is 15.7. The highest BCUT2D eigenvalue weighted by atomic mass is 32.2. The van der Waals surface area contributed by atoms with Crippen molar-refractivity contribution in [2.45, 2.75) is 83.0 Å². The van der Waals surface area contributed by atoms with Crippen molar-refractivity contribution in [1.29, 1.82) is 5.26 Å². The summed E-state index contributed by atoms with van der Waals surface area (Å²) in [6, 6.07) is 8.37. The lowest BCUT2D eigenvalue weighted by Crippen LogP contribution is -2.63. The summed E-state index contributed by atoms with van der Waals surface area (Å²) in [6.45, 7) is 4.77. The van der Waals surface area contributed by atoms with Crippen molar-refractivity contribution in [3.8, 4) is 11.8 Å². The second kappa shape index (κ2) is 10.8. The Hall–Kier alpha value is -3.00. The summed E-state index contributed by atoms with van der Waals surface area (Å²) in [4.78, 5) is 27.3. The summed E-state index contributed by atoms with van der Waals surface area (Å²) >= 11 is 0.914. The zero-order chi connectivity index (χ0) is 30.9. The minimum atomic E-state index is -1.42. The summed E-state index contributed by atoms with van der Waals surface area (Å²) in [6.07, 6.45) is 7.91. The van der Waals surface area contributed by atoms with Crippen LogP contribution in [0.15, 0.2) is 36.0 Å². The van der Waals surface area contributed by atoms with E-state index >= 15 is 0 Å². The SMILES string of the molecule is C[C@]12Cc3cnn(-c4ccc(F)cc4)c3C=C1CC[C@@H]1[C@@H]2[C@@H](O)C[C@@]2(C)[C@H]1CC[C@]2(OC(=O)[C@H]1CCCO1)C(=O)SCC#N. The van der Waals surface area contributed by atoms with E-state index in [1.807, 2.05) is 23.9 Å². The van der Waals surface area contributed by atoms with Crippen molar-refractivity contribution in [3.63, 3.8) is 0 Å². The Morgan fingerprint density at radius 1 is 1.25 bits per heavy atom. The molecule has 2 heterocycles. The van der Waals surface area contributed by atoms with Crippen LogP contribution in [0.1, 0.15) is 70.1 Å². The van der Waals surface area contributed by atoms with Crippen LogP contribution in [0.4, 0.5) is 4.39 Å². The molecule has 3 saturated carbocycles. The number of carbonyl (C=O) groups excluding carboxylic acids is 2. The molecule has 44 heavy (non-hydrogen) atoms. The van der Waals surface area contributed by atoms with Gasteiger partial charge in [0.25, 0.3) is 0 Å². The number of hydrogen-bond donors (Lipinski definition) is 1. The minimum absolute atomic E-state index is 0.0203. The van der Waals surface area contributed by atoms with E-state index in [-0.39, 0.29) is 39.9 Å². The van der Waals surface area contributed by atoms with Gasteiger partial charge in [-0.25, -0.2) is 13.9 Å². The highest BCUT2D eigenvalue weighted by Crippen LogP contribution is 2.69. The zero-order valence-corrected chi connectivity index (χ0v) is 25.9. The van der Waals surface area contributed by atoms with E-state index in [1.165, 1.54) is 17.7 Å². The average molecular weight is 620 g/mol. The fourth-order valence-electron chi connectivity index (χ4n) is 9.72. The van der Waals surface area contributed by atoms with Gasteiger partial charge in [-0.3, -0.25) is 4.79 Å². The van der Waals surface area contributed by atoms with E-state index < -0.39 is 29.2 Å². The Kier molecular flexibility index (Phi) is 7.30. The van der Waals surface area contributed by atoms with Gasteiger partial charge in [0.15, 0.2) is 11.7 Å². The van der Waals surface area contributed by atoms with Crippen LogP contribution in [0.2, 0.25) is 0 Å².